The van der Waals surface area contributed by atoms with Gasteiger partial charge in [-0.15, -0.1) is 11.8 Å². The van der Waals surface area contributed by atoms with Gasteiger partial charge in [-0.05, 0) is 37.6 Å². The number of carbonyl (C=O) groups excluding carboxylic acids is 1. The van der Waals surface area contributed by atoms with Crippen LogP contribution in [0.3, 0.4) is 0 Å². The Labute approximate surface area is 135 Å². The number of thioether (sulfide) groups is 1. The summed E-state index contributed by atoms with van der Waals surface area (Å²) in [6, 6.07) is 14.0. The van der Waals surface area contributed by atoms with Crippen molar-refractivity contribution >= 4 is 23.4 Å². The standard InChI is InChI=1S/C18H19NO2S/c1-13-7-8-16(14(2)11-13)21-12-18(20)19-9-10-22-17-6-4-3-5-15(17)19/h3-8,11H,9-10,12H2,1-2H3. The predicted octanol–water partition coefficient (Wildman–Crippen LogP) is 3.82. The second-order valence-electron chi connectivity index (χ2n) is 5.42. The first-order chi connectivity index (χ1) is 10.6. The molecule has 3 rings (SSSR count). The van der Waals surface area contributed by atoms with E-state index in [2.05, 4.69) is 12.1 Å². The zero-order valence-electron chi connectivity index (χ0n) is 12.8. The SMILES string of the molecule is Cc1ccc(OCC(=O)N2CCSc3ccccc32)c(C)c1. The molecule has 0 atom stereocenters. The molecule has 2 aromatic carbocycles. The number of amides is 1. The van der Waals surface area contributed by atoms with E-state index < -0.39 is 0 Å². The lowest BCUT2D eigenvalue weighted by atomic mass is 10.1. The van der Waals surface area contributed by atoms with E-state index in [-0.39, 0.29) is 12.5 Å². The molecular weight excluding hydrogens is 294 g/mol. The zero-order valence-corrected chi connectivity index (χ0v) is 13.7. The van der Waals surface area contributed by atoms with Crippen molar-refractivity contribution < 1.29 is 9.53 Å². The highest BCUT2D eigenvalue weighted by atomic mass is 32.2. The highest BCUT2D eigenvalue weighted by Crippen LogP contribution is 2.34. The van der Waals surface area contributed by atoms with Gasteiger partial charge in [0.15, 0.2) is 6.61 Å². The van der Waals surface area contributed by atoms with Crippen LogP contribution in [0.2, 0.25) is 0 Å². The Morgan fingerprint density at radius 1 is 1.23 bits per heavy atom. The average Bonchev–Trinajstić information content (AvgIpc) is 2.53. The van der Waals surface area contributed by atoms with E-state index in [9.17, 15) is 4.79 Å². The van der Waals surface area contributed by atoms with Crippen LogP contribution in [0.1, 0.15) is 11.1 Å². The van der Waals surface area contributed by atoms with E-state index >= 15 is 0 Å². The van der Waals surface area contributed by atoms with E-state index in [1.54, 1.807) is 11.8 Å². The van der Waals surface area contributed by atoms with Crippen molar-refractivity contribution in [1.29, 1.82) is 0 Å². The van der Waals surface area contributed by atoms with Crippen molar-refractivity contribution in [2.24, 2.45) is 0 Å². The first-order valence-corrected chi connectivity index (χ1v) is 8.36. The number of carbonyl (C=O) groups is 1. The maximum Gasteiger partial charge on any atom is 0.264 e. The zero-order chi connectivity index (χ0) is 15.5. The van der Waals surface area contributed by atoms with Crippen molar-refractivity contribution in [3.05, 3.63) is 53.6 Å². The van der Waals surface area contributed by atoms with Crippen molar-refractivity contribution in [2.75, 3.05) is 23.8 Å². The highest BCUT2D eigenvalue weighted by molar-refractivity contribution is 7.99. The largest absolute Gasteiger partial charge is 0.483 e. The molecule has 1 aliphatic heterocycles. The van der Waals surface area contributed by atoms with Gasteiger partial charge in [-0.1, -0.05) is 29.8 Å². The normalized spacial score (nSPS) is 13.6. The molecule has 0 fully saturated rings. The first-order valence-electron chi connectivity index (χ1n) is 7.37. The molecule has 114 valence electrons. The Balaban J connectivity index is 1.70. The van der Waals surface area contributed by atoms with E-state index in [0.29, 0.717) is 0 Å². The minimum absolute atomic E-state index is 0.00715. The van der Waals surface area contributed by atoms with E-state index in [1.807, 2.05) is 49.1 Å². The maximum absolute atomic E-state index is 12.5. The monoisotopic (exact) mass is 313 g/mol. The van der Waals surface area contributed by atoms with Crippen molar-refractivity contribution in [3.63, 3.8) is 0 Å². The third-order valence-corrected chi connectivity index (χ3v) is 4.75. The Hall–Kier alpha value is -1.94. The highest BCUT2D eigenvalue weighted by Gasteiger charge is 2.22. The van der Waals surface area contributed by atoms with Gasteiger partial charge >= 0.3 is 0 Å². The molecular formula is C18H19NO2S. The van der Waals surface area contributed by atoms with Crippen molar-refractivity contribution in [3.8, 4) is 5.75 Å². The summed E-state index contributed by atoms with van der Waals surface area (Å²) in [6.45, 7) is 4.85. The fourth-order valence-electron chi connectivity index (χ4n) is 2.61. The van der Waals surface area contributed by atoms with Gasteiger partial charge in [0.2, 0.25) is 0 Å². The summed E-state index contributed by atoms with van der Waals surface area (Å²) in [5.74, 6) is 1.71. The average molecular weight is 313 g/mol. The molecule has 0 N–H and O–H groups in total. The summed E-state index contributed by atoms with van der Waals surface area (Å²) in [5, 5.41) is 0. The molecule has 0 unspecified atom stereocenters. The molecule has 0 aromatic heterocycles. The predicted molar refractivity (Wildman–Crippen MR) is 90.9 cm³/mol. The van der Waals surface area contributed by atoms with Crippen molar-refractivity contribution in [2.45, 2.75) is 18.7 Å². The van der Waals surface area contributed by atoms with Gasteiger partial charge in [0.1, 0.15) is 5.75 Å². The van der Waals surface area contributed by atoms with E-state index in [0.717, 1.165) is 34.2 Å². The molecule has 0 saturated heterocycles. The van der Waals surface area contributed by atoms with Crippen LogP contribution in [-0.4, -0.2) is 24.8 Å². The minimum Gasteiger partial charge on any atom is -0.483 e. The van der Waals surface area contributed by atoms with Gasteiger partial charge in [-0.3, -0.25) is 4.79 Å². The molecule has 0 radical (unpaired) electrons. The summed E-state index contributed by atoms with van der Waals surface area (Å²) < 4.78 is 5.72. The molecule has 0 spiro atoms. The second kappa shape index (κ2) is 6.44. The lowest BCUT2D eigenvalue weighted by Gasteiger charge is -2.29. The number of hydrogen-bond acceptors (Lipinski definition) is 3. The van der Waals surface area contributed by atoms with Gasteiger partial charge in [0, 0.05) is 17.2 Å². The molecule has 4 heteroatoms. The van der Waals surface area contributed by atoms with Gasteiger partial charge in [-0.2, -0.15) is 0 Å². The summed E-state index contributed by atoms with van der Waals surface area (Å²) in [7, 11) is 0. The smallest absolute Gasteiger partial charge is 0.264 e. The third kappa shape index (κ3) is 3.12. The lowest BCUT2D eigenvalue weighted by Crippen LogP contribution is -2.38. The number of fused-ring (bicyclic) bond motifs is 1. The first kappa shape index (κ1) is 15.0. The quantitative estimate of drug-likeness (QED) is 0.863. The molecule has 2 aromatic rings. The fourth-order valence-corrected chi connectivity index (χ4v) is 3.60. The number of aryl methyl sites for hydroxylation is 2. The molecule has 0 bridgehead atoms. The van der Waals surface area contributed by atoms with Gasteiger partial charge in [0.25, 0.3) is 5.91 Å². The number of rotatable bonds is 3. The van der Waals surface area contributed by atoms with Gasteiger partial charge in [-0.25, -0.2) is 0 Å². The summed E-state index contributed by atoms with van der Waals surface area (Å²) in [4.78, 5) is 15.5. The van der Waals surface area contributed by atoms with Crippen LogP contribution in [-0.2, 0) is 4.79 Å². The molecule has 1 aliphatic rings. The Bertz CT molecular complexity index is 699. The van der Waals surface area contributed by atoms with Gasteiger partial charge in [0.05, 0.1) is 5.69 Å². The molecule has 22 heavy (non-hydrogen) atoms. The lowest BCUT2D eigenvalue weighted by molar-refractivity contribution is -0.120. The Kier molecular flexibility index (Phi) is 4.39. The summed E-state index contributed by atoms with van der Waals surface area (Å²) in [6.07, 6.45) is 0. The minimum atomic E-state index is 0.00715. The molecule has 3 nitrogen and oxygen atoms in total. The van der Waals surface area contributed by atoms with Crippen LogP contribution in [0.5, 0.6) is 5.75 Å². The fraction of sp³-hybridized carbons (Fsp3) is 0.278. The van der Waals surface area contributed by atoms with Crippen LogP contribution in [0.25, 0.3) is 0 Å². The van der Waals surface area contributed by atoms with Gasteiger partial charge < -0.3 is 9.64 Å². The summed E-state index contributed by atoms with van der Waals surface area (Å²) in [5.41, 5.74) is 3.24. The van der Waals surface area contributed by atoms with Crippen LogP contribution >= 0.6 is 11.8 Å². The van der Waals surface area contributed by atoms with Crippen LogP contribution in [0.4, 0.5) is 5.69 Å². The third-order valence-electron chi connectivity index (χ3n) is 3.71. The topological polar surface area (TPSA) is 29.5 Å². The molecule has 0 saturated carbocycles. The number of nitrogens with zero attached hydrogens (tertiary/aromatic N) is 1. The number of hydrogen-bond donors (Lipinski definition) is 0. The molecule has 1 heterocycles. The van der Waals surface area contributed by atoms with E-state index in [4.69, 9.17) is 4.74 Å². The maximum atomic E-state index is 12.5. The molecule has 0 aliphatic carbocycles. The van der Waals surface area contributed by atoms with E-state index in [1.165, 1.54) is 5.56 Å². The number of anilines is 1. The van der Waals surface area contributed by atoms with Crippen LogP contribution in [0.15, 0.2) is 47.4 Å². The Morgan fingerprint density at radius 2 is 2.05 bits per heavy atom. The van der Waals surface area contributed by atoms with Crippen LogP contribution < -0.4 is 9.64 Å². The Morgan fingerprint density at radius 3 is 2.86 bits per heavy atom. The number of ether oxygens (including phenoxy) is 1. The number of benzene rings is 2. The summed E-state index contributed by atoms with van der Waals surface area (Å²) >= 11 is 1.79. The van der Waals surface area contributed by atoms with Crippen molar-refractivity contribution in [1.82, 2.24) is 0 Å². The second-order valence-corrected chi connectivity index (χ2v) is 6.56. The molecule has 1 amide bonds. The van der Waals surface area contributed by atoms with Crippen LogP contribution in [0, 0.1) is 13.8 Å². The number of para-hydroxylation sites is 1.